The Kier molecular flexibility index (Phi) is 7.74. The maximum Gasteiger partial charge on any atom is 0.269 e. The van der Waals surface area contributed by atoms with Gasteiger partial charge in [-0.3, -0.25) is 14.6 Å². The van der Waals surface area contributed by atoms with E-state index >= 15 is 0 Å². The van der Waals surface area contributed by atoms with E-state index in [-0.39, 0.29) is 33.8 Å². The quantitative estimate of drug-likeness (QED) is 0.302. The number of fused-ring (bicyclic) bond motifs is 1. The van der Waals surface area contributed by atoms with Gasteiger partial charge in [0.05, 0.1) is 33.3 Å². The number of rotatable bonds is 6. The zero-order valence-electron chi connectivity index (χ0n) is 19.8. The van der Waals surface area contributed by atoms with Gasteiger partial charge in [-0.25, -0.2) is 14.4 Å². The van der Waals surface area contributed by atoms with Crippen LogP contribution in [0.1, 0.15) is 27.2 Å². The van der Waals surface area contributed by atoms with E-state index in [1.807, 2.05) is 0 Å². The molecule has 0 aliphatic carbocycles. The Labute approximate surface area is 236 Å². The van der Waals surface area contributed by atoms with Crippen LogP contribution in [0.15, 0.2) is 78.0 Å². The number of ether oxygens (including phenoxy) is 1. The first-order valence-electron chi connectivity index (χ1n) is 11.4. The molecule has 0 spiro atoms. The second-order valence-corrected chi connectivity index (χ2v) is 9.50. The molecule has 8 nitrogen and oxygen atoms in total. The van der Waals surface area contributed by atoms with E-state index in [4.69, 9.17) is 39.5 Å². The second-order valence-electron chi connectivity index (χ2n) is 8.25. The summed E-state index contributed by atoms with van der Waals surface area (Å²) in [5.41, 5.74) is 1.83. The molecule has 0 saturated carbocycles. The van der Waals surface area contributed by atoms with Crippen LogP contribution in [0.25, 0.3) is 0 Å². The molecule has 0 bridgehead atoms. The van der Waals surface area contributed by atoms with Crippen molar-refractivity contribution in [1.29, 1.82) is 0 Å². The molecule has 1 unspecified atom stereocenters. The summed E-state index contributed by atoms with van der Waals surface area (Å²) in [6.45, 7) is -0.0190. The molecular formula is C27H17Cl3FN5O3. The number of benzene rings is 2. The smallest absolute Gasteiger partial charge is 0.269 e. The number of pyridine rings is 2. The largest absolute Gasteiger partial charge is 0.471 e. The molecular weight excluding hydrogens is 568 g/mol. The lowest BCUT2D eigenvalue weighted by molar-refractivity contribution is -0.117. The SMILES string of the molecule is O=C(NC1N=C(c2c(Cl)cc(Cl)cc2Cl)c2ccccc2NC1=O)c1cc(F)cnc1OCc1ccccn1. The van der Waals surface area contributed by atoms with Crippen LogP contribution in [-0.4, -0.2) is 33.7 Å². The number of para-hydroxylation sites is 1. The molecule has 2 amide bonds. The molecule has 0 saturated heterocycles. The maximum atomic E-state index is 14.1. The molecule has 2 N–H and O–H groups in total. The van der Waals surface area contributed by atoms with Crippen molar-refractivity contribution in [2.24, 2.45) is 4.99 Å². The number of hydrogen-bond acceptors (Lipinski definition) is 6. The van der Waals surface area contributed by atoms with Crippen molar-refractivity contribution in [2.75, 3.05) is 5.32 Å². The average molecular weight is 585 g/mol. The molecule has 3 heterocycles. The third kappa shape index (κ3) is 5.85. The van der Waals surface area contributed by atoms with Crippen LogP contribution in [0, 0.1) is 5.82 Å². The highest BCUT2D eigenvalue weighted by Gasteiger charge is 2.30. The van der Waals surface area contributed by atoms with E-state index in [1.54, 1.807) is 48.7 Å². The van der Waals surface area contributed by atoms with Crippen LogP contribution < -0.4 is 15.4 Å². The Hall–Kier alpha value is -4.05. The van der Waals surface area contributed by atoms with Gasteiger partial charge in [0.15, 0.2) is 0 Å². The number of carbonyl (C=O) groups excluding carboxylic acids is 2. The number of aliphatic imine (C=N–C) groups is 1. The van der Waals surface area contributed by atoms with Crippen molar-refractivity contribution < 1.29 is 18.7 Å². The van der Waals surface area contributed by atoms with Crippen LogP contribution in [0.5, 0.6) is 5.88 Å². The lowest BCUT2D eigenvalue weighted by Crippen LogP contribution is -2.42. The van der Waals surface area contributed by atoms with Gasteiger partial charge in [-0.15, -0.1) is 0 Å². The molecule has 1 aliphatic heterocycles. The summed E-state index contributed by atoms with van der Waals surface area (Å²) in [5, 5.41) is 5.97. The first kappa shape index (κ1) is 26.6. The number of nitrogens with zero attached hydrogens (tertiary/aromatic N) is 3. The second kappa shape index (κ2) is 11.4. The molecule has 5 rings (SSSR count). The standard InChI is InChI=1S/C27H17Cl3FN5O3/c28-14-9-19(29)22(20(30)10-14)23-17-6-1-2-7-21(17)34-26(38)24(35-23)36-25(37)18-11-15(31)12-33-27(18)39-13-16-5-3-4-8-32-16/h1-12,24H,13H2,(H,34,38)(H,36,37). The third-order valence-corrected chi connectivity index (χ3v) is 6.42. The van der Waals surface area contributed by atoms with Crippen molar-refractivity contribution in [3.05, 3.63) is 116 Å². The van der Waals surface area contributed by atoms with Gasteiger partial charge in [0.25, 0.3) is 11.8 Å². The minimum atomic E-state index is -1.45. The van der Waals surface area contributed by atoms with E-state index in [2.05, 4.69) is 25.6 Å². The lowest BCUT2D eigenvalue weighted by Gasteiger charge is -2.16. The van der Waals surface area contributed by atoms with Crippen molar-refractivity contribution in [2.45, 2.75) is 12.8 Å². The summed E-state index contributed by atoms with van der Waals surface area (Å²) in [5.74, 6) is -2.41. The van der Waals surface area contributed by atoms with Gasteiger partial charge < -0.3 is 15.4 Å². The monoisotopic (exact) mass is 583 g/mol. The molecule has 1 aliphatic rings. The van der Waals surface area contributed by atoms with Gasteiger partial charge in [0.2, 0.25) is 12.0 Å². The molecule has 39 heavy (non-hydrogen) atoms. The average Bonchev–Trinajstić information content (AvgIpc) is 3.04. The summed E-state index contributed by atoms with van der Waals surface area (Å²) in [7, 11) is 0. The van der Waals surface area contributed by atoms with Crippen LogP contribution in [0.4, 0.5) is 10.1 Å². The molecule has 12 heteroatoms. The highest BCUT2D eigenvalue weighted by molar-refractivity contribution is 6.44. The molecule has 2 aromatic heterocycles. The number of benzodiazepines with no additional fused rings is 1. The van der Waals surface area contributed by atoms with Crippen molar-refractivity contribution in [1.82, 2.24) is 15.3 Å². The number of nitrogens with one attached hydrogen (secondary N) is 2. The molecule has 1 atom stereocenters. The fourth-order valence-electron chi connectivity index (χ4n) is 3.85. The Balaban J connectivity index is 1.51. The topological polar surface area (TPSA) is 106 Å². The minimum Gasteiger partial charge on any atom is -0.471 e. The van der Waals surface area contributed by atoms with E-state index in [0.717, 1.165) is 12.3 Å². The van der Waals surface area contributed by atoms with Gasteiger partial charge >= 0.3 is 0 Å². The normalized spacial score (nSPS) is 14.5. The number of anilines is 1. The van der Waals surface area contributed by atoms with Crippen molar-refractivity contribution in [3.8, 4) is 5.88 Å². The third-order valence-electron chi connectivity index (χ3n) is 5.60. The van der Waals surface area contributed by atoms with Gasteiger partial charge in [-0.1, -0.05) is 59.1 Å². The number of halogens is 4. The first-order chi connectivity index (χ1) is 18.8. The number of carbonyl (C=O) groups is 2. The van der Waals surface area contributed by atoms with Crippen LogP contribution in [0.3, 0.4) is 0 Å². The van der Waals surface area contributed by atoms with E-state index in [0.29, 0.717) is 27.5 Å². The minimum absolute atomic E-state index is 0.0190. The number of hydrogen-bond donors (Lipinski definition) is 2. The summed E-state index contributed by atoms with van der Waals surface area (Å²) in [4.78, 5) is 39.1. The Morgan fingerprint density at radius 1 is 1.03 bits per heavy atom. The highest BCUT2D eigenvalue weighted by Crippen LogP contribution is 2.34. The van der Waals surface area contributed by atoms with Crippen molar-refractivity contribution >= 4 is 58.0 Å². The van der Waals surface area contributed by atoms with Crippen LogP contribution >= 0.6 is 34.8 Å². The lowest BCUT2D eigenvalue weighted by atomic mass is 10.0. The molecule has 196 valence electrons. The zero-order chi connectivity index (χ0) is 27.5. The molecule has 4 aromatic rings. The molecule has 0 fully saturated rings. The fourth-order valence-corrected chi connectivity index (χ4v) is 4.85. The van der Waals surface area contributed by atoms with E-state index in [9.17, 15) is 14.0 Å². The zero-order valence-corrected chi connectivity index (χ0v) is 22.1. The number of aromatic nitrogens is 2. The summed E-state index contributed by atoms with van der Waals surface area (Å²) >= 11 is 19.1. The van der Waals surface area contributed by atoms with Gasteiger partial charge in [0.1, 0.15) is 18.0 Å². The fraction of sp³-hybridized carbons (Fsp3) is 0.0741. The van der Waals surface area contributed by atoms with Gasteiger partial charge in [-0.05, 0) is 36.4 Å². The Morgan fingerprint density at radius 3 is 2.51 bits per heavy atom. The highest BCUT2D eigenvalue weighted by atomic mass is 35.5. The summed E-state index contributed by atoms with van der Waals surface area (Å²) in [6.07, 6.45) is 1.05. The predicted molar refractivity (Wildman–Crippen MR) is 146 cm³/mol. The molecule has 2 aromatic carbocycles. The number of amides is 2. The summed E-state index contributed by atoms with van der Waals surface area (Å²) < 4.78 is 19.8. The Morgan fingerprint density at radius 2 is 1.77 bits per heavy atom. The predicted octanol–water partition coefficient (Wildman–Crippen LogP) is 5.70. The van der Waals surface area contributed by atoms with Gasteiger partial charge in [-0.2, -0.15) is 0 Å². The van der Waals surface area contributed by atoms with E-state index in [1.165, 1.54) is 12.1 Å². The van der Waals surface area contributed by atoms with Crippen LogP contribution in [-0.2, 0) is 11.4 Å². The van der Waals surface area contributed by atoms with E-state index < -0.39 is 23.8 Å². The Bertz CT molecular complexity index is 1590. The first-order valence-corrected chi connectivity index (χ1v) is 12.6. The maximum absolute atomic E-state index is 14.1. The summed E-state index contributed by atoms with van der Waals surface area (Å²) in [6, 6.07) is 16.1. The van der Waals surface area contributed by atoms with Crippen LogP contribution in [0.2, 0.25) is 15.1 Å². The molecule has 0 radical (unpaired) electrons. The van der Waals surface area contributed by atoms with Gasteiger partial charge in [0, 0.05) is 22.3 Å². The van der Waals surface area contributed by atoms with Crippen molar-refractivity contribution in [3.63, 3.8) is 0 Å².